The van der Waals surface area contributed by atoms with E-state index in [1.165, 1.54) is 31.2 Å². The number of hydrogen-bond acceptors (Lipinski definition) is 2. The highest BCUT2D eigenvalue weighted by Crippen LogP contribution is 2.35. The Labute approximate surface area is 126 Å². The Bertz CT molecular complexity index is 419. The molecule has 3 rings (SSSR count). The van der Waals surface area contributed by atoms with E-state index in [0.717, 1.165) is 43.7 Å². The maximum Gasteiger partial charge on any atom is 0.0475 e. The van der Waals surface area contributed by atoms with Gasteiger partial charge in [0.05, 0.1) is 0 Å². The summed E-state index contributed by atoms with van der Waals surface area (Å²) in [5.74, 6) is 0. The first-order valence-electron chi connectivity index (χ1n) is 7.86. The first kappa shape index (κ1) is 14.4. The van der Waals surface area contributed by atoms with E-state index in [0.29, 0.717) is 0 Å². The number of ether oxygens (including phenoxy) is 1. The van der Waals surface area contributed by atoms with E-state index < -0.39 is 0 Å². The zero-order valence-electron chi connectivity index (χ0n) is 12.0. The van der Waals surface area contributed by atoms with E-state index in [2.05, 4.69) is 17.4 Å². The maximum atomic E-state index is 6.04. The van der Waals surface area contributed by atoms with Gasteiger partial charge in [0, 0.05) is 36.2 Å². The van der Waals surface area contributed by atoms with Crippen molar-refractivity contribution in [2.24, 2.45) is 0 Å². The number of nitrogens with one attached hydrogen (secondary N) is 1. The van der Waals surface area contributed by atoms with Crippen LogP contribution in [0.2, 0.25) is 5.02 Å². The second kappa shape index (κ2) is 6.46. The molecule has 0 bridgehead atoms. The molecule has 1 heterocycles. The van der Waals surface area contributed by atoms with Crippen LogP contribution in [0, 0.1) is 0 Å². The van der Waals surface area contributed by atoms with Gasteiger partial charge in [0.2, 0.25) is 0 Å². The molecule has 0 aromatic heterocycles. The molecule has 1 aromatic carbocycles. The minimum absolute atomic E-state index is 0.228. The van der Waals surface area contributed by atoms with Crippen LogP contribution >= 0.6 is 11.6 Å². The number of benzene rings is 1. The van der Waals surface area contributed by atoms with Crippen LogP contribution in [0.15, 0.2) is 24.3 Å². The number of hydrogen-bond donors (Lipinski definition) is 1. The minimum atomic E-state index is 0.228. The molecular weight excluding hydrogens is 270 g/mol. The van der Waals surface area contributed by atoms with Crippen LogP contribution in [0.1, 0.15) is 44.1 Å². The molecule has 2 nitrogen and oxygen atoms in total. The molecule has 20 heavy (non-hydrogen) atoms. The van der Waals surface area contributed by atoms with Crippen molar-refractivity contribution in [2.45, 2.75) is 50.0 Å². The molecule has 1 saturated carbocycles. The first-order valence-corrected chi connectivity index (χ1v) is 8.24. The summed E-state index contributed by atoms with van der Waals surface area (Å²) in [7, 11) is 0. The second-order valence-electron chi connectivity index (χ2n) is 6.26. The highest BCUT2D eigenvalue weighted by Gasteiger charge is 2.35. The standard InChI is InChI=1S/C17H24ClNO/c18-15-7-5-14(6-8-15)17(9-11-20-12-10-17)13-19-16-3-1-2-4-16/h5-8,16,19H,1-4,9-13H2. The number of halogens is 1. The fourth-order valence-corrected chi connectivity index (χ4v) is 3.73. The average Bonchev–Trinajstić information content (AvgIpc) is 3.00. The molecule has 1 aromatic rings. The summed E-state index contributed by atoms with van der Waals surface area (Å²) < 4.78 is 5.59. The van der Waals surface area contributed by atoms with Gasteiger partial charge in [-0.2, -0.15) is 0 Å². The molecule has 1 aliphatic carbocycles. The lowest BCUT2D eigenvalue weighted by Crippen LogP contribution is -2.45. The van der Waals surface area contributed by atoms with Crippen molar-refractivity contribution in [3.05, 3.63) is 34.9 Å². The highest BCUT2D eigenvalue weighted by molar-refractivity contribution is 6.30. The van der Waals surface area contributed by atoms with Crippen LogP contribution < -0.4 is 5.32 Å². The Balaban J connectivity index is 1.74. The van der Waals surface area contributed by atoms with Gasteiger partial charge in [0.1, 0.15) is 0 Å². The molecule has 2 fully saturated rings. The van der Waals surface area contributed by atoms with Gasteiger partial charge in [-0.25, -0.2) is 0 Å². The van der Waals surface area contributed by atoms with Gasteiger partial charge < -0.3 is 10.1 Å². The van der Waals surface area contributed by atoms with Crippen LogP contribution in [0.25, 0.3) is 0 Å². The van der Waals surface area contributed by atoms with Gasteiger partial charge in [0.15, 0.2) is 0 Å². The van der Waals surface area contributed by atoms with E-state index in [4.69, 9.17) is 16.3 Å². The zero-order chi connectivity index (χ0) is 13.8. The molecule has 0 atom stereocenters. The lowest BCUT2D eigenvalue weighted by atomic mass is 9.74. The minimum Gasteiger partial charge on any atom is -0.381 e. The summed E-state index contributed by atoms with van der Waals surface area (Å²) in [5.41, 5.74) is 1.64. The van der Waals surface area contributed by atoms with E-state index in [1.54, 1.807) is 0 Å². The van der Waals surface area contributed by atoms with E-state index in [9.17, 15) is 0 Å². The van der Waals surface area contributed by atoms with Gasteiger partial charge in [-0.1, -0.05) is 36.6 Å². The van der Waals surface area contributed by atoms with Gasteiger partial charge >= 0.3 is 0 Å². The molecular formula is C17H24ClNO. The van der Waals surface area contributed by atoms with Crippen molar-refractivity contribution in [1.29, 1.82) is 0 Å². The Hall–Kier alpha value is -0.570. The summed E-state index contributed by atoms with van der Waals surface area (Å²) in [6.45, 7) is 2.81. The third kappa shape index (κ3) is 3.19. The topological polar surface area (TPSA) is 21.3 Å². The van der Waals surface area contributed by atoms with Gasteiger partial charge in [-0.15, -0.1) is 0 Å². The molecule has 1 N–H and O–H groups in total. The van der Waals surface area contributed by atoms with Crippen molar-refractivity contribution in [2.75, 3.05) is 19.8 Å². The van der Waals surface area contributed by atoms with Crippen molar-refractivity contribution in [3.63, 3.8) is 0 Å². The summed E-state index contributed by atoms with van der Waals surface area (Å²) in [6.07, 6.45) is 7.66. The first-order chi connectivity index (χ1) is 9.78. The molecule has 0 amide bonds. The molecule has 1 saturated heterocycles. The van der Waals surface area contributed by atoms with Crippen molar-refractivity contribution < 1.29 is 4.74 Å². The Morgan fingerprint density at radius 3 is 2.40 bits per heavy atom. The monoisotopic (exact) mass is 293 g/mol. The van der Waals surface area contributed by atoms with Crippen LogP contribution in [-0.2, 0) is 10.2 Å². The van der Waals surface area contributed by atoms with Crippen molar-refractivity contribution in [3.8, 4) is 0 Å². The van der Waals surface area contributed by atoms with Gasteiger partial charge in [-0.3, -0.25) is 0 Å². The maximum absolute atomic E-state index is 6.04. The fourth-order valence-electron chi connectivity index (χ4n) is 3.60. The van der Waals surface area contributed by atoms with Crippen LogP contribution in [0.4, 0.5) is 0 Å². The fraction of sp³-hybridized carbons (Fsp3) is 0.647. The average molecular weight is 294 g/mol. The third-order valence-corrected chi connectivity index (χ3v) is 5.24. The smallest absolute Gasteiger partial charge is 0.0475 e. The summed E-state index contributed by atoms with van der Waals surface area (Å²) >= 11 is 6.04. The Morgan fingerprint density at radius 1 is 1.10 bits per heavy atom. The summed E-state index contributed by atoms with van der Waals surface area (Å²) in [6, 6.07) is 9.16. The SMILES string of the molecule is Clc1ccc(C2(CNC3CCCC3)CCOCC2)cc1. The van der Waals surface area contributed by atoms with E-state index in [1.807, 2.05) is 12.1 Å². The molecule has 2 aliphatic rings. The molecule has 0 unspecified atom stereocenters. The largest absolute Gasteiger partial charge is 0.381 e. The van der Waals surface area contributed by atoms with Crippen LogP contribution in [-0.4, -0.2) is 25.8 Å². The predicted molar refractivity (Wildman–Crippen MR) is 83.4 cm³/mol. The summed E-state index contributed by atoms with van der Waals surface area (Å²) in [4.78, 5) is 0. The van der Waals surface area contributed by atoms with Crippen LogP contribution in [0.5, 0.6) is 0 Å². The normalized spacial score (nSPS) is 23.1. The molecule has 0 radical (unpaired) electrons. The van der Waals surface area contributed by atoms with Crippen molar-refractivity contribution >= 4 is 11.6 Å². The molecule has 110 valence electrons. The van der Waals surface area contributed by atoms with Gasteiger partial charge in [0.25, 0.3) is 0 Å². The Morgan fingerprint density at radius 2 is 1.75 bits per heavy atom. The van der Waals surface area contributed by atoms with Crippen molar-refractivity contribution in [1.82, 2.24) is 5.32 Å². The van der Waals surface area contributed by atoms with E-state index in [-0.39, 0.29) is 5.41 Å². The summed E-state index contributed by atoms with van der Waals surface area (Å²) in [5, 5.41) is 4.64. The second-order valence-corrected chi connectivity index (χ2v) is 6.70. The predicted octanol–water partition coefficient (Wildman–Crippen LogP) is 3.92. The zero-order valence-corrected chi connectivity index (χ0v) is 12.8. The quantitative estimate of drug-likeness (QED) is 0.908. The Kier molecular flexibility index (Phi) is 4.65. The molecule has 0 spiro atoms. The number of rotatable bonds is 4. The van der Waals surface area contributed by atoms with E-state index >= 15 is 0 Å². The van der Waals surface area contributed by atoms with Crippen LogP contribution in [0.3, 0.4) is 0 Å². The lowest BCUT2D eigenvalue weighted by Gasteiger charge is -2.39. The molecule has 3 heteroatoms. The third-order valence-electron chi connectivity index (χ3n) is 4.99. The molecule has 1 aliphatic heterocycles. The van der Waals surface area contributed by atoms with Gasteiger partial charge in [-0.05, 0) is 43.4 Å². The lowest BCUT2D eigenvalue weighted by molar-refractivity contribution is 0.0489. The highest BCUT2D eigenvalue weighted by atomic mass is 35.5.